The fourth-order valence-electron chi connectivity index (χ4n) is 0.698. The third-order valence-corrected chi connectivity index (χ3v) is 1.57. The summed E-state index contributed by atoms with van der Waals surface area (Å²) in [6, 6.07) is 9.07. The molecule has 0 saturated heterocycles. The number of para-hydroxylation sites is 1. The maximum Gasteiger partial charge on any atom is 0.291 e. The van der Waals surface area contributed by atoms with Crippen molar-refractivity contribution in [1.82, 2.24) is 0 Å². The van der Waals surface area contributed by atoms with Crippen molar-refractivity contribution in [3.63, 3.8) is 0 Å². The molecule has 0 aliphatic rings. The highest BCUT2D eigenvalue weighted by atomic mass is 35.5. The molecule has 1 aromatic carbocycles. The summed E-state index contributed by atoms with van der Waals surface area (Å²) in [5, 5.41) is 20.6. The molecule has 0 spiro atoms. The van der Waals surface area contributed by atoms with Gasteiger partial charge < -0.3 is 10.9 Å². The first-order chi connectivity index (χ1) is 6.95. The van der Waals surface area contributed by atoms with Gasteiger partial charge in [-0.05, 0) is 12.1 Å². The van der Waals surface area contributed by atoms with Gasteiger partial charge in [0.05, 0.1) is 5.69 Å². The van der Waals surface area contributed by atoms with Crippen LogP contribution < -0.4 is 10.2 Å². The van der Waals surface area contributed by atoms with Crippen molar-refractivity contribution in [2.24, 2.45) is 5.73 Å². The zero-order chi connectivity index (χ0) is 11.8. The number of guanidine groups is 1. The monoisotopic (exact) mass is 232 g/mol. The van der Waals surface area contributed by atoms with E-state index in [-0.39, 0.29) is 5.96 Å². The predicted octanol–water partition coefficient (Wildman–Crippen LogP) is 1.19. The summed E-state index contributed by atoms with van der Waals surface area (Å²) >= 11 is 5.62. The third kappa shape index (κ3) is 6.11. The van der Waals surface area contributed by atoms with Crippen LogP contribution in [0.2, 0.25) is 0 Å². The number of benzene rings is 1. The Bertz CT molecular complexity index is 328. The van der Waals surface area contributed by atoms with E-state index in [1.165, 1.54) is 0 Å². The summed E-state index contributed by atoms with van der Waals surface area (Å²) in [6.07, 6.45) is 0. The Morgan fingerprint density at radius 2 is 1.93 bits per heavy atom. The summed E-state index contributed by atoms with van der Waals surface area (Å²) in [5.41, 5.74) is 5.84. The molecule has 7 nitrogen and oxygen atoms in total. The second-order valence-electron chi connectivity index (χ2n) is 2.24. The standard InChI is InChI=1S/C7H8ClN3.HNO3/c8-11(7(9)10)6-4-2-1-3-5-6;2-1(3)4/h1-5H,(H3,9,10);(H,2,3,4). The predicted molar refractivity (Wildman–Crippen MR) is 55.5 cm³/mol. The van der Waals surface area contributed by atoms with Gasteiger partial charge in [-0.3, -0.25) is 5.41 Å². The van der Waals surface area contributed by atoms with Crippen molar-refractivity contribution in [1.29, 1.82) is 5.41 Å². The van der Waals surface area contributed by atoms with Crippen LogP contribution in [0.4, 0.5) is 5.69 Å². The molecule has 1 aromatic rings. The Kier molecular flexibility index (Phi) is 5.57. The molecule has 0 heterocycles. The molecule has 1 rings (SSSR count). The van der Waals surface area contributed by atoms with Gasteiger partial charge in [0.15, 0.2) is 0 Å². The van der Waals surface area contributed by atoms with Crippen molar-refractivity contribution < 1.29 is 10.3 Å². The van der Waals surface area contributed by atoms with Crippen molar-refractivity contribution in [3.8, 4) is 0 Å². The normalized spacial score (nSPS) is 8.33. The molecule has 0 atom stereocenters. The molecule has 0 amide bonds. The number of hydrogen-bond acceptors (Lipinski definition) is 3. The van der Waals surface area contributed by atoms with Crippen molar-refractivity contribution in [3.05, 3.63) is 40.4 Å². The van der Waals surface area contributed by atoms with Crippen LogP contribution in [0.1, 0.15) is 0 Å². The largest absolute Gasteiger partial charge is 0.369 e. The zero-order valence-electron chi connectivity index (χ0n) is 7.50. The van der Waals surface area contributed by atoms with Crippen LogP contribution in [-0.2, 0) is 0 Å². The summed E-state index contributed by atoms with van der Waals surface area (Å²) in [7, 11) is 0. The van der Waals surface area contributed by atoms with Crippen LogP contribution in [0.25, 0.3) is 0 Å². The van der Waals surface area contributed by atoms with Crippen molar-refractivity contribution >= 4 is 23.4 Å². The van der Waals surface area contributed by atoms with Gasteiger partial charge in [-0.15, -0.1) is 10.1 Å². The Labute approximate surface area is 90.4 Å². The van der Waals surface area contributed by atoms with Crippen LogP contribution >= 0.6 is 11.8 Å². The highest BCUT2D eigenvalue weighted by molar-refractivity contribution is 6.36. The first-order valence-corrected chi connectivity index (χ1v) is 3.97. The molecule has 0 aromatic heterocycles. The molecule has 0 fully saturated rings. The Balaban J connectivity index is 0.000000423. The minimum Gasteiger partial charge on any atom is -0.369 e. The fraction of sp³-hybridized carbons (Fsp3) is 0. The lowest BCUT2D eigenvalue weighted by Gasteiger charge is -2.11. The number of halogens is 1. The lowest BCUT2D eigenvalue weighted by molar-refractivity contribution is -0.742. The molecule has 15 heavy (non-hydrogen) atoms. The van der Waals surface area contributed by atoms with E-state index in [0.29, 0.717) is 5.69 Å². The Hall–Kier alpha value is -2.02. The lowest BCUT2D eigenvalue weighted by Crippen LogP contribution is -2.27. The molecule has 0 aliphatic heterocycles. The highest BCUT2D eigenvalue weighted by Crippen LogP contribution is 2.13. The Morgan fingerprint density at radius 1 is 1.53 bits per heavy atom. The molecule has 0 bridgehead atoms. The van der Waals surface area contributed by atoms with E-state index in [4.69, 9.17) is 38.2 Å². The van der Waals surface area contributed by atoms with Gasteiger partial charge in [0.1, 0.15) is 0 Å². The molecule has 0 aliphatic carbocycles. The molecule has 82 valence electrons. The van der Waals surface area contributed by atoms with Crippen LogP contribution in [0.3, 0.4) is 0 Å². The third-order valence-electron chi connectivity index (χ3n) is 1.19. The molecule has 0 unspecified atom stereocenters. The minimum atomic E-state index is -1.50. The van der Waals surface area contributed by atoms with E-state index in [1.807, 2.05) is 18.2 Å². The van der Waals surface area contributed by atoms with Gasteiger partial charge in [0.25, 0.3) is 5.09 Å². The topological polar surface area (TPSA) is 116 Å². The summed E-state index contributed by atoms with van der Waals surface area (Å²) in [5.74, 6) is -0.183. The summed E-state index contributed by atoms with van der Waals surface area (Å²) in [4.78, 5) is 8.36. The molecule has 0 saturated carbocycles. The number of nitrogens with zero attached hydrogens (tertiary/aromatic N) is 2. The van der Waals surface area contributed by atoms with Gasteiger partial charge in [0.2, 0.25) is 5.96 Å². The second kappa shape index (κ2) is 6.44. The van der Waals surface area contributed by atoms with Gasteiger partial charge >= 0.3 is 0 Å². The van der Waals surface area contributed by atoms with E-state index in [1.54, 1.807) is 12.1 Å². The highest BCUT2D eigenvalue weighted by Gasteiger charge is 2.03. The smallest absolute Gasteiger partial charge is 0.291 e. The van der Waals surface area contributed by atoms with E-state index < -0.39 is 5.09 Å². The maximum atomic E-state index is 8.36. The molecule has 4 N–H and O–H groups in total. The first kappa shape index (κ1) is 13.0. The fourth-order valence-corrected chi connectivity index (χ4v) is 0.811. The number of nitrogens with one attached hydrogen (secondary N) is 1. The van der Waals surface area contributed by atoms with Gasteiger partial charge in [-0.2, -0.15) is 0 Å². The Morgan fingerprint density at radius 3 is 2.27 bits per heavy atom. The van der Waals surface area contributed by atoms with Crippen LogP contribution in [0.15, 0.2) is 30.3 Å². The maximum absolute atomic E-state index is 8.36. The molecular weight excluding hydrogens is 224 g/mol. The molecule has 0 radical (unpaired) electrons. The number of hydrogen-bond donors (Lipinski definition) is 3. The molecular formula is C7H9ClN4O3. The van der Waals surface area contributed by atoms with Crippen LogP contribution in [-0.4, -0.2) is 16.3 Å². The zero-order valence-corrected chi connectivity index (χ0v) is 8.26. The van der Waals surface area contributed by atoms with Gasteiger partial charge in [0, 0.05) is 11.8 Å². The quantitative estimate of drug-likeness (QED) is 0.221. The van der Waals surface area contributed by atoms with Crippen LogP contribution in [0.5, 0.6) is 0 Å². The van der Waals surface area contributed by atoms with Gasteiger partial charge in [-0.25, -0.2) is 4.42 Å². The van der Waals surface area contributed by atoms with E-state index in [2.05, 4.69) is 0 Å². The first-order valence-electron chi connectivity index (χ1n) is 3.63. The van der Waals surface area contributed by atoms with Crippen molar-refractivity contribution in [2.75, 3.05) is 4.42 Å². The minimum absolute atomic E-state index is 0.183. The van der Waals surface area contributed by atoms with Crippen LogP contribution in [0, 0.1) is 15.5 Å². The van der Waals surface area contributed by atoms with E-state index >= 15 is 0 Å². The van der Waals surface area contributed by atoms with Crippen molar-refractivity contribution in [2.45, 2.75) is 0 Å². The number of nitrogens with two attached hydrogens (primary N) is 1. The lowest BCUT2D eigenvalue weighted by atomic mass is 10.3. The average molecular weight is 233 g/mol. The number of rotatable bonds is 1. The van der Waals surface area contributed by atoms with E-state index in [0.717, 1.165) is 4.42 Å². The second-order valence-corrected chi connectivity index (χ2v) is 2.58. The average Bonchev–Trinajstić information content (AvgIpc) is 2.17. The summed E-state index contributed by atoms with van der Waals surface area (Å²) < 4.78 is 1.08. The van der Waals surface area contributed by atoms with Gasteiger partial charge in [-0.1, -0.05) is 18.2 Å². The molecule has 8 heteroatoms. The summed E-state index contributed by atoms with van der Waals surface area (Å²) in [6.45, 7) is 0. The number of anilines is 1. The van der Waals surface area contributed by atoms with E-state index in [9.17, 15) is 0 Å². The SMILES string of the molecule is N=C(N)N(Cl)c1ccccc1.O=[N+]([O-])O.